The van der Waals surface area contributed by atoms with Gasteiger partial charge in [-0.05, 0) is 11.8 Å². The summed E-state index contributed by atoms with van der Waals surface area (Å²) in [7, 11) is 0. The molecule has 9 nitrogen and oxygen atoms in total. The molecule has 1 aromatic heterocycles. The third-order valence-corrected chi connectivity index (χ3v) is 4.57. The van der Waals surface area contributed by atoms with E-state index < -0.39 is 35.9 Å². The lowest BCUT2D eigenvalue weighted by molar-refractivity contribution is -0.160. The molecular formula is C17H29N5O4. The molecule has 0 fully saturated rings. The van der Waals surface area contributed by atoms with Crippen molar-refractivity contribution in [3.8, 4) is 0 Å². The van der Waals surface area contributed by atoms with Crippen LogP contribution in [0.2, 0.25) is 0 Å². The number of carboxylic acids is 1. The monoisotopic (exact) mass is 367 g/mol. The van der Waals surface area contributed by atoms with Crippen molar-refractivity contribution in [2.24, 2.45) is 23.3 Å². The van der Waals surface area contributed by atoms with Crippen LogP contribution in [-0.4, -0.2) is 55.9 Å². The molecule has 1 heterocycles. The van der Waals surface area contributed by atoms with Crippen molar-refractivity contribution >= 4 is 17.8 Å². The third kappa shape index (κ3) is 5.12. The topological polar surface area (TPSA) is 155 Å². The molecule has 0 aliphatic rings. The third-order valence-electron chi connectivity index (χ3n) is 4.57. The molecule has 0 saturated heterocycles. The van der Waals surface area contributed by atoms with Gasteiger partial charge in [-0.15, -0.1) is 0 Å². The number of hydrogen-bond donors (Lipinski definition) is 4. The van der Waals surface area contributed by atoms with E-state index in [2.05, 4.69) is 9.97 Å². The largest absolute Gasteiger partial charge is 0.480 e. The lowest BCUT2D eigenvalue weighted by Crippen LogP contribution is -2.60. The van der Waals surface area contributed by atoms with Gasteiger partial charge in [-0.25, -0.2) is 9.78 Å². The quantitative estimate of drug-likeness (QED) is 0.483. The maximum absolute atomic E-state index is 12.9. The summed E-state index contributed by atoms with van der Waals surface area (Å²) in [6.45, 7) is 7.09. The highest BCUT2D eigenvalue weighted by atomic mass is 16.4. The molecule has 0 aliphatic heterocycles. The van der Waals surface area contributed by atoms with Gasteiger partial charge in [0.2, 0.25) is 11.8 Å². The number of imide groups is 1. The van der Waals surface area contributed by atoms with E-state index in [0.717, 1.165) is 4.90 Å². The average Bonchev–Trinajstić information content (AvgIpc) is 3.11. The molecule has 0 spiro atoms. The lowest BCUT2D eigenvalue weighted by atomic mass is 9.96. The molecule has 0 bridgehead atoms. The number of rotatable bonds is 9. The first-order chi connectivity index (χ1) is 12.1. The molecule has 146 valence electrons. The van der Waals surface area contributed by atoms with Crippen molar-refractivity contribution in [2.45, 2.75) is 58.7 Å². The Balaban J connectivity index is 3.28. The predicted molar refractivity (Wildman–Crippen MR) is 95.8 cm³/mol. The van der Waals surface area contributed by atoms with Gasteiger partial charge in [0.1, 0.15) is 6.04 Å². The minimum absolute atomic E-state index is 0.131. The van der Waals surface area contributed by atoms with E-state index in [1.807, 2.05) is 6.92 Å². The summed E-state index contributed by atoms with van der Waals surface area (Å²) in [5.41, 5.74) is 12.3. The van der Waals surface area contributed by atoms with Gasteiger partial charge in [-0.1, -0.05) is 34.1 Å². The Hall–Kier alpha value is -2.26. The highest BCUT2D eigenvalue weighted by Crippen LogP contribution is 2.17. The van der Waals surface area contributed by atoms with E-state index in [1.165, 1.54) is 12.5 Å². The van der Waals surface area contributed by atoms with Gasteiger partial charge < -0.3 is 21.6 Å². The zero-order valence-electron chi connectivity index (χ0n) is 15.7. The minimum Gasteiger partial charge on any atom is -0.480 e. The Morgan fingerprint density at radius 1 is 1.19 bits per heavy atom. The molecule has 9 heteroatoms. The maximum Gasteiger partial charge on any atom is 0.327 e. The van der Waals surface area contributed by atoms with Crippen LogP contribution in [0.15, 0.2) is 12.5 Å². The number of carboxylic acid groups (broad SMARTS) is 1. The normalized spacial score (nSPS) is 16.0. The molecular weight excluding hydrogens is 338 g/mol. The number of hydrogen-bond acceptors (Lipinski definition) is 6. The number of aliphatic carboxylic acids is 1. The average molecular weight is 367 g/mol. The zero-order valence-corrected chi connectivity index (χ0v) is 15.7. The Morgan fingerprint density at radius 2 is 1.77 bits per heavy atom. The van der Waals surface area contributed by atoms with E-state index in [9.17, 15) is 19.5 Å². The molecule has 2 amide bonds. The second-order valence-electron chi connectivity index (χ2n) is 6.85. The van der Waals surface area contributed by atoms with Crippen LogP contribution in [0.3, 0.4) is 0 Å². The molecule has 4 atom stereocenters. The van der Waals surface area contributed by atoms with Gasteiger partial charge >= 0.3 is 5.97 Å². The fraction of sp³-hybridized carbons (Fsp3) is 0.647. The van der Waals surface area contributed by atoms with Crippen LogP contribution in [-0.2, 0) is 20.8 Å². The van der Waals surface area contributed by atoms with Gasteiger partial charge in [0.25, 0.3) is 0 Å². The first-order valence-electron chi connectivity index (χ1n) is 8.70. The molecule has 0 saturated carbocycles. The molecule has 6 N–H and O–H groups in total. The Morgan fingerprint density at radius 3 is 2.19 bits per heavy atom. The van der Waals surface area contributed by atoms with Gasteiger partial charge in [0, 0.05) is 12.6 Å². The van der Waals surface area contributed by atoms with Crippen LogP contribution in [0.1, 0.15) is 39.8 Å². The van der Waals surface area contributed by atoms with Crippen LogP contribution in [0.4, 0.5) is 0 Å². The van der Waals surface area contributed by atoms with Gasteiger partial charge in [0.15, 0.2) is 0 Å². The SMILES string of the molecule is CCC(C)C(N)C(=O)N(C(=O)C(N)C(C)C)C(Cc1c[nH]cn1)C(=O)O. The molecule has 26 heavy (non-hydrogen) atoms. The lowest BCUT2D eigenvalue weighted by Gasteiger charge is -2.33. The first-order valence-corrected chi connectivity index (χ1v) is 8.70. The Bertz CT molecular complexity index is 617. The molecule has 0 aromatic carbocycles. The number of H-pyrrole nitrogens is 1. The smallest absolute Gasteiger partial charge is 0.327 e. The van der Waals surface area contributed by atoms with Crippen LogP contribution < -0.4 is 11.5 Å². The fourth-order valence-corrected chi connectivity index (χ4v) is 2.41. The number of imidazole rings is 1. The summed E-state index contributed by atoms with van der Waals surface area (Å²) in [5, 5.41) is 9.67. The van der Waals surface area contributed by atoms with E-state index in [-0.39, 0.29) is 18.3 Å². The number of aromatic amines is 1. The minimum atomic E-state index is -1.43. The van der Waals surface area contributed by atoms with Gasteiger partial charge in [-0.3, -0.25) is 14.5 Å². The predicted octanol–water partition coefficient (Wildman–Crippen LogP) is 0.117. The number of nitrogens with zero attached hydrogens (tertiary/aromatic N) is 2. The van der Waals surface area contributed by atoms with Crippen molar-refractivity contribution in [1.29, 1.82) is 0 Å². The van der Waals surface area contributed by atoms with Crippen molar-refractivity contribution in [3.63, 3.8) is 0 Å². The van der Waals surface area contributed by atoms with Crippen LogP contribution in [0.25, 0.3) is 0 Å². The zero-order chi connectivity index (χ0) is 20.0. The summed E-state index contributed by atoms with van der Waals surface area (Å²) in [6.07, 6.45) is 3.39. The molecule has 1 aromatic rings. The summed E-state index contributed by atoms with van der Waals surface area (Å²) in [5.74, 6) is -3.28. The molecule has 1 rings (SSSR count). The number of carbonyl (C=O) groups is 3. The molecule has 0 aliphatic carbocycles. The van der Waals surface area contributed by atoms with Crippen molar-refractivity contribution in [1.82, 2.24) is 14.9 Å². The van der Waals surface area contributed by atoms with Crippen molar-refractivity contribution in [3.05, 3.63) is 18.2 Å². The number of nitrogens with two attached hydrogens (primary N) is 2. The van der Waals surface area contributed by atoms with Crippen molar-refractivity contribution < 1.29 is 19.5 Å². The Labute approximate surface area is 153 Å². The molecule has 4 unspecified atom stereocenters. The van der Waals surface area contributed by atoms with Crippen LogP contribution in [0, 0.1) is 11.8 Å². The van der Waals surface area contributed by atoms with Crippen LogP contribution >= 0.6 is 0 Å². The number of aromatic nitrogens is 2. The first kappa shape index (κ1) is 21.8. The van der Waals surface area contributed by atoms with E-state index in [1.54, 1.807) is 20.8 Å². The van der Waals surface area contributed by atoms with E-state index in [0.29, 0.717) is 12.1 Å². The second-order valence-corrected chi connectivity index (χ2v) is 6.85. The standard InChI is InChI=1S/C17H29N5O4/c1-5-10(4)14(19)16(24)22(15(23)13(18)9(2)3)12(17(25)26)6-11-7-20-8-21-11/h7-10,12-14H,5-6,18-19H2,1-4H3,(H,20,21)(H,25,26). The number of nitrogens with one attached hydrogen (secondary N) is 1. The van der Waals surface area contributed by atoms with Gasteiger partial charge in [-0.2, -0.15) is 0 Å². The fourth-order valence-electron chi connectivity index (χ4n) is 2.41. The Kier molecular flexibility index (Phi) is 7.91. The second kappa shape index (κ2) is 9.44. The summed E-state index contributed by atoms with van der Waals surface area (Å²) < 4.78 is 0. The summed E-state index contributed by atoms with van der Waals surface area (Å²) >= 11 is 0. The summed E-state index contributed by atoms with van der Waals surface area (Å²) in [6, 6.07) is -3.44. The summed E-state index contributed by atoms with van der Waals surface area (Å²) in [4.78, 5) is 45.1. The molecule has 0 radical (unpaired) electrons. The maximum atomic E-state index is 12.9. The van der Waals surface area contributed by atoms with Crippen LogP contribution in [0.5, 0.6) is 0 Å². The van der Waals surface area contributed by atoms with E-state index in [4.69, 9.17) is 11.5 Å². The van der Waals surface area contributed by atoms with Gasteiger partial charge in [0.05, 0.1) is 24.1 Å². The number of amides is 2. The van der Waals surface area contributed by atoms with Crippen molar-refractivity contribution in [2.75, 3.05) is 0 Å². The number of carbonyl (C=O) groups excluding carboxylic acids is 2. The highest BCUT2D eigenvalue weighted by Gasteiger charge is 2.41. The highest BCUT2D eigenvalue weighted by molar-refractivity contribution is 6.03. The van der Waals surface area contributed by atoms with E-state index >= 15 is 0 Å².